The van der Waals surface area contributed by atoms with Crippen LogP contribution in [0.5, 0.6) is 5.75 Å². The quantitative estimate of drug-likeness (QED) is 0.808. The molecule has 0 amide bonds. The maximum Gasteiger partial charge on any atom is 0.141 e. The van der Waals surface area contributed by atoms with Crippen molar-refractivity contribution in [3.8, 4) is 5.75 Å². The predicted octanol–water partition coefficient (Wildman–Crippen LogP) is 1.66. The molecule has 0 spiro atoms. The second-order valence-corrected chi connectivity index (χ2v) is 4.28. The number of aliphatic hydroxyl groups excluding tert-OH is 1. The summed E-state index contributed by atoms with van der Waals surface area (Å²) in [6.07, 6.45) is 0.340. The molecule has 0 saturated carbocycles. The standard InChI is InChI=1S/C11H14ClNO2/c1-6-2-8-3-7(10(14)5-13)4-9(12)11(8)15-6/h3-4,6,10,14H,2,5,13H2,1H3. The summed E-state index contributed by atoms with van der Waals surface area (Å²) >= 11 is 6.06. The first-order chi connectivity index (χ1) is 7.11. The van der Waals surface area contributed by atoms with Crippen molar-refractivity contribution < 1.29 is 9.84 Å². The molecule has 1 aromatic rings. The number of nitrogens with two attached hydrogens (primary N) is 1. The van der Waals surface area contributed by atoms with E-state index in [4.69, 9.17) is 22.1 Å². The van der Waals surface area contributed by atoms with Crippen molar-refractivity contribution >= 4 is 11.6 Å². The van der Waals surface area contributed by atoms with Crippen LogP contribution in [0, 0.1) is 0 Å². The van der Waals surface area contributed by atoms with E-state index in [1.807, 2.05) is 13.0 Å². The van der Waals surface area contributed by atoms with Crippen molar-refractivity contribution in [2.45, 2.75) is 25.6 Å². The third-order valence-electron chi connectivity index (χ3n) is 2.58. The highest BCUT2D eigenvalue weighted by atomic mass is 35.5. The largest absolute Gasteiger partial charge is 0.489 e. The average Bonchev–Trinajstić information content (AvgIpc) is 2.58. The van der Waals surface area contributed by atoms with Crippen LogP contribution in [0.15, 0.2) is 12.1 Å². The third-order valence-corrected chi connectivity index (χ3v) is 2.86. The van der Waals surface area contributed by atoms with E-state index in [0.29, 0.717) is 5.02 Å². The fourth-order valence-corrected chi connectivity index (χ4v) is 2.13. The molecule has 1 aromatic carbocycles. The van der Waals surface area contributed by atoms with E-state index in [2.05, 4.69) is 0 Å². The molecule has 2 atom stereocenters. The van der Waals surface area contributed by atoms with Crippen molar-refractivity contribution in [1.82, 2.24) is 0 Å². The van der Waals surface area contributed by atoms with Gasteiger partial charge in [-0.3, -0.25) is 0 Å². The molecule has 82 valence electrons. The van der Waals surface area contributed by atoms with Crippen molar-refractivity contribution in [2.24, 2.45) is 5.73 Å². The van der Waals surface area contributed by atoms with E-state index in [9.17, 15) is 5.11 Å². The lowest BCUT2D eigenvalue weighted by Gasteiger charge is -2.11. The van der Waals surface area contributed by atoms with Gasteiger partial charge in [-0.05, 0) is 30.2 Å². The summed E-state index contributed by atoms with van der Waals surface area (Å²) in [7, 11) is 0. The molecule has 0 aliphatic carbocycles. The Morgan fingerprint density at radius 1 is 1.67 bits per heavy atom. The zero-order chi connectivity index (χ0) is 11.0. The van der Waals surface area contributed by atoms with Gasteiger partial charge in [0.1, 0.15) is 11.9 Å². The maximum absolute atomic E-state index is 9.63. The minimum absolute atomic E-state index is 0.155. The molecule has 0 aromatic heterocycles. The van der Waals surface area contributed by atoms with Gasteiger partial charge in [-0.25, -0.2) is 0 Å². The topological polar surface area (TPSA) is 55.5 Å². The first-order valence-corrected chi connectivity index (χ1v) is 5.36. The van der Waals surface area contributed by atoms with E-state index in [-0.39, 0.29) is 12.6 Å². The molecule has 2 unspecified atom stereocenters. The van der Waals surface area contributed by atoms with Crippen LogP contribution < -0.4 is 10.5 Å². The highest BCUT2D eigenvalue weighted by molar-refractivity contribution is 6.32. The van der Waals surface area contributed by atoms with E-state index in [0.717, 1.165) is 23.3 Å². The zero-order valence-electron chi connectivity index (χ0n) is 8.53. The number of hydrogen-bond acceptors (Lipinski definition) is 3. The predicted molar refractivity (Wildman–Crippen MR) is 59.3 cm³/mol. The van der Waals surface area contributed by atoms with Gasteiger partial charge in [0.15, 0.2) is 0 Å². The molecule has 4 heteroatoms. The molecular weight excluding hydrogens is 214 g/mol. The Kier molecular flexibility index (Phi) is 2.87. The highest BCUT2D eigenvalue weighted by Gasteiger charge is 2.23. The minimum atomic E-state index is -0.649. The number of rotatable bonds is 2. The van der Waals surface area contributed by atoms with Crippen molar-refractivity contribution in [3.05, 3.63) is 28.3 Å². The smallest absolute Gasteiger partial charge is 0.141 e. The van der Waals surface area contributed by atoms with Crippen molar-refractivity contribution in [1.29, 1.82) is 0 Å². The lowest BCUT2D eigenvalue weighted by Crippen LogP contribution is -2.11. The van der Waals surface area contributed by atoms with Crippen LogP contribution in [-0.4, -0.2) is 17.8 Å². The summed E-state index contributed by atoms with van der Waals surface area (Å²) < 4.78 is 5.56. The molecule has 0 saturated heterocycles. The van der Waals surface area contributed by atoms with E-state index in [1.165, 1.54) is 0 Å². The maximum atomic E-state index is 9.63. The Labute approximate surface area is 93.8 Å². The molecule has 15 heavy (non-hydrogen) atoms. The van der Waals surface area contributed by atoms with Gasteiger partial charge >= 0.3 is 0 Å². The second kappa shape index (κ2) is 4.00. The molecule has 0 radical (unpaired) electrons. The molecular formula is C11H14ClNO2. The fourth-order valence-electron chi connectivity index (χ4n) is 1.84. The summed E-state index contributed by atoms with van der Waals surface area (Å²) in [6.45, 7) is 2.20. The first-order valence-electron chi connectivity index (χ1n) is 4.99. The fraction of sp³-hybridized carbons (Fsp3) is 0.455. The minimum Gasteiger partial charge on any atom is -0.489 e. The van der Waals surface area contributed by atoms with Crippen LogP contribution in [0.3, 0.4) is 0 Å². The zero-order valence-corrected chi connectivity index (χ0v) is 9.29. The van der Waals surface area contributed by atoms with Crippen molar-refractivity contribution in [3.63, 3.8) is 0 Å². The molecule has 1 aliphatic heterocycles. The van der Waals surface area contributed by atoms with Crippen LogP contribution in [0.4, 0.5) is 0 Å². The van der Waals surface area contributed by atoms with Crippen molar-refractivity contribution in [2.75, 3.05) is 6.54 Å². The summed E-state index contributed by atoms with van der Waals surface area (Å²) in [4.78, 5) is 0. The Morgan fingerprint density at radius 3 is 3.07 bits per heavy atom. The SMILES string of the molecule is CC1Cc2cc(C(O)CN)cc(Cl)c2O1. The first kappa shape index (κ1) is 10.7. The Bertz CT molecular complexity index is 381. The Morgan fingerprint density at radius 2 is 2.40 bits per heavy atom. The molecule has 2 rings (SSSR count). The summed E-state index contributed by atoms with van der Waals surface area (Å²) in [5, 5.41) is 10.2. The van der Waals surface area contributed by atoms with Crippen LogP contribution in [0.2, 0.25) is 5.02 Å². The number of fused-ring (bicyclic) bond motifs is 1. The molecule has 0 fully saturated rings. The van der Waals surface area contributed by atoms with E-state index in [1.54, 1.807) is 6.07 Å². The van der Waals surface area contributed by atoms with E-state index < -0.39 is 6.10 Å². The number of benzene rings is 1. The van der Waals surface area contributed by atoms with Crippen LogP contribution in [0.25, 0.3) is 0 Å². The van der Waals surface area contributed by atoms with Gasteiger partial charge in [-0.15, -0.1) is 0 Å². The van der Waals surface area contributed by atoms with Gasteiger partial charge in [0.05, 0.1) is 11.1 Å². The molecule has 1 aliphatic rings. The van der Waals surface area contributed by atoms with E-state index >= 15 is 0 Å². The third kappa shape index (κ3) is 1.95. The molecule has 3 nitrogen and oxygen atoms in total. The number of halogens is 1. The summed E-state index contributed by atoms with van der Waals surface area (Å²) in [5.74, 6) is 0.747. The van der Waals surface area contributed by atoms with Gasteiger partial charge in [0.2, 0.25) is 0 Å². The normalized spacial score (nSPS) is 20.9. The van der Waals surface area contributed by atoms with Crippen LogP contribution >= 0.6 is 11.6 Å². The monoisotopic (exact) mass is 227 g/mol. The van der Waals surface area contributed by atoms with Gasteiger partial charge in [0.25, 0.3) is 0 Å². The lowest BCUT2D eigenvalue weighted by atomic mass is 10.0. The second-order valence-electron chi connectivity index (χ2n) is 3.88. The Balaban J connectivity index is 2.40. The Hall–Kier alpha value is -0.770. The summed E-state index contributed by atoms with van der Waals surface area (Å²) in [5.41, 5.74) is 7.22. The molecule has 0 bridgehead atoms. The highest BCUT2D eigenvalue weighted by Crippen LogP contribution is 2.37. The van der Waals surface area contributed by atoms with Crippen LogP contribution in [-0.2, 0) is 6.42 Å². The lowest BCUT2D eigenvalue weighted by molar-refractivity contribution is 0.186. The number of aliphatic hydroxyl groups is 1. The summed E-state index contributed by atoms with van der Waals surface area (Å²) in [6, 6.07) is 3.64. The number of hydrogen-bond donors (Lipinski definition) is 2. The van der Waals surface area contributed by atoms with Crippen LogP contribution in [0.1, 0.15) is 24.2 Å². The van der Waals surface area contributed by atoms with Gasteiger partial charge < -0.3 is 15.6 Å². The average molecular weight is 228 g/mol. The molecule has 3 N–H and O–H groups in total. The van der Waals surface area contributed by atoms with Gasteiger partial charge in [0, 0.05) is 13.0 Å². The van der Waals surface area contributed by atoms with Gasteiger partial charge in [-0.1, -0.05) is 11.6 Å². The van der Waals surface area contributed by atoms with Gasteiger partial charge in [-0.2, -0.15) is 0 Å². The number of ether oxygens (including phenoxy) is 1. The molecule has 1 heterocycles.